The number of nitrogens with zero attached hydrogens (tertiary/aromatic N) is 4. The normalized spacial score (nSPS) is 20.1. The van der Waals surface area contributed by atoms with E-state index in [1.54, 1.807) is 6.20 Å². The van der Waals surface area contributed by atoms with Gasteiger partial charge in [-0.1, -0.05) is 6.42 Å². The zero-order valence-electron chi connectivity index (χ0n) is 12.5. The summed E-state index contributed by atoms with van der Waals surface area (Å²) in [7, 11) is 0. The minimum atomic E-state index is -0.259. The van der Waals surface area contributed by atoms with E-state index in [1.807, 2.05) is 12.1 Å². The number of hydrogen-bond acceptors (Lipinski definition) is 4. The van der Waals surface area contributed by atoms with Gasteiger partial charge in [-0.3, -0.25) is 4.90 Å². The lowest BCUT2D eigenvalue weighted by Crippen LogP contribution is -2.52. The number of piperazine rings is 1. The van der Waals surface area contributed by atoms with Gasteiger partial charge in [-0.15, -0.1) is 0 Å². The van der Waals surface area contributed by atoms with Gasteiger partial charge in [-0.25, -0.2) is 4.39 Å². The van der Waals surface area contributed by atoms with Crippen molar-refractivity contribution in [3.8, 4) is 11.3 Å². The number of aromatic amines is 1. The molecule has 2 aliphatic rings. The summed E-state index contributed by atoms with van der Waals surface area (Å²) in [5.74, 6) is -0.259. The van der Waals surface area contributed by atoms with Crippen LogP contribution in [0.15, 0.2) is 24.4 Å². The van der Waals surface area contributed by atoms with Crippen molar-refractivity contribution in [2.24, 2.45) is 0 Å². The molecule has 6 heteroatoms. The highest BCUT2D eigenvalue weighted by atomic mass is 19.1. The van der Waals surface area contributed by atoms with E-state index >= 15 is 0 Å². The van der Waals surface area contributed by atoms with Gasteiger partial charge in [0, 0.05) is 43.5 Å². The maximum Gasteiger partial charge on any atom is 0.132 e. The van der Waals surface area contributed by atoms with E-state index in [0.717, 1.165) is 37.9 Å². The summed E-state index contributed by atoms with van der Waals surface area (Å²) in [6.07, 6.45) is 5.64. The molecule has 0 atom stereocenters. The minimum Gasteiger partial charge on any atom is -0.369 e. The Labute approximate surface area is 129 Å². The molecule has 1 aromatic carbocycles. The molecular weight excluding hydrogens is 281 g/mol. The number of anilines is 1. The molecule has 1 aromatic heterocycles. The van der Waals surface area contributed by atoms with Gasteiger partial charge < -0.3 is 4.90 Å². The highest BCUT2D eigenvalue weighted by Gasteiger charge is 2.28. The van der Waals surface area contributed by atoms with Crippen molar-refractivity contribution in [2.75, 3.05) is 31.1 Å². The first-order valence-corrected chi connectivity index (χ1v) is 7.96. The molecule has 116 valence electrons. The van der Waals surface area contributed by atoms with Crippen LogP contribution in [0, 0.1) is 5.82 Å². The fourth-order valence-corrected chi connectivity index (χ4v) is 3.33. The smallest absolute Gasteiger partial charge is 0.132 e. The first-order chi connectivity index (χ1) is 10.8. The van der Waals surface area contributed by atoms with Crippen LogP contribution in [0.5, 0.6) is 0 Å². The molecule has 2 aromatic rings. The molecule has 0 unspecified atom stereocenters. The summed E-state index contributed by atoms with van der Waals surface area (Å²) in [5, 5.41) is 10.3. The number of H-pyrrole nitrogens is 1. The minimum absolute atomic E-state index is 0.259. The fourth-order valence-electron chi connectivity index (χ4n) is 3.33. The zero-order chi connectivity index (χ0) is 14.9. The third-order valence-corrected chi connectivity index (χ3v) is 4.91. The van der Waals surface area contributed by atoms with Gasteiger partial charge in [0.05, 0.1) is 6.20 Å². The van der Waals surface area contributed by atoms with E-state index in [-0.39, 0.29) is 5.82 Å². The van der Waals surface area contributed by atoms with Crippen molar-refractivity contribution in [1.29, 1.82) is 0 Å². The molecule has 22 heavy (non-hydrogen) atoms. The topological polar surface area (TPSA) is 48.0 Å². The van der Waals surface area contributed by atoms with E-state index < -0.39 is 0 Å². The maximum atomic E-state index is 14.0. The quantitative estimate of drug-likeness (QED) is 0.945. The number of rotatable bonds is 3. The number of benzene rings is 1. The van der Waals surface area contributed by atoms with Crippen molar-refractivity contribution in [2.45, 2.75) is 25.3 Å². The Morgan fingerprint density at radius 1 is 1.14 bits per heavy atom. The molecule has 0 bridgehead atoms. The predicted molar refractivity (Wildman–Crippen MR) is 83.2 cm³/mol. The lowest BCUT2D eigenvalue weighted by atomic mass is 9.91. The Morgan fingerprint density at radius 2 is 1.95 bits per heavy atom. The summed E-state index contributed by atoms with van der Waals surface area (Å²) in [4.78, 5) is 4.93. The first kappa shape index (κ1) is 13.7. The van der Waals surface area contributed by atoms with E-state index in [1.165, 1.54) is 25.3 Å². The van der Waals surface area contributed by atoms with Gasteiger partial charge in [0.15, 0.2) is 0 Å². The SMILES string of the molecule is Fc1ccc(N2CCN(C3CCC3)CC2)cc1-c1cn[nH]n1. The Hall–Kier alpha value is -1.95. The number of halogens is 1. The second kappa shape index (κ2) is 5.68. The highest BCUT2D eigenvalue weighted by molar-refractivity contribution is 5.65. The molecule has 0 amide bonds. The largest absolute Gasteiger partial charge is 0.369 e. The van der Waals surface area contributed by atoms with Crippen LogP contribution in [-0.4, -0.2) is 52.5 Å². The van der Waals surface area contributed by atoms with Crippen molar-refractivity contribution in [1.82, 2.24) is 20.3 Å². The van der Waals surface area contributed by atoms with Gasteiger partial charge in [0.1, 0.15) is 11.5 Å². The highest BCUT2D eigenvalue weighted by Crippen LogP contribution is 2.29. The van der Waals surface area contributed by atoms with Crippen LogP contribution in [0.1, 0.15) is 19.3 Å². The molecule has 1 aliphatic carbocycles. The number of aromatic nitrogens is 3. The van der Waals surface area contributed by atoms with Crippen molar-refractivity contribution in [3.63, 3.8) is 0 Å². The third-order valence-electron chi connectivity index (χ3n) is 4.91. The molecule has 5 nitrogen and oxygen atoms in total. The van der Waals surface area contributed by atoms with Crippen LogP contribution in [0.3, 0.4) is 0 Å². The van der Waals surface area contributed by atoms with Crippen LogP contribution >= 0.6 is 0 Å². The standard InChI is InChI=1S/C16H20FN5/c17-15-5-4-13(10-14(15)16-11-18-20-19-16)22-8-6-21(7-9-22)12-2-1-3-12/h4-5,10-12H,1-3,6-9H2,(H,18,19,20). The van der Waals surface area contributed by atoms with Crippen molar-refractivity contribution >= 4 is 5.69 Å². The molecule has 2 fully saturated rings. The van der Waals surface area contributed by atoms with Crippen LogP contribution in [0.4, 0.5) is 10.1 Å². The molecule has 0 radical (unpaired) electrons. The molecule has 1 aliphatic heterocycles. The molecule has 1 saturated heterocycles. The summed E-state index contributed by atoms with van der Waals surface area (Å²) in [5.41, 5.74) is 2.12. The van der Waals surface area contributed by atoms with Crippen LogP contribution in [-0.2, 0) is 0 Å². The second-order valence-corrected chi connectivity index (χ2v) is 6.13. The summed E-state index contributed by atoms with van der Waals surface area (Å²) >= 11 is 0. The monoisotopic (exact) mass is 301 g/mol. The fraction of sp³-hybridized carbons (Fsp3) is 0.500. The molecule has 2 heterocycles. The Morgan fingerprint density at radius 3 is 2.59 bits per heavy atom. The summed E-state index contributed by atoms with van der Waals surface area (Å²) < 4.78 is 14.0. The lowest BCUT2D eigenvalue weighted by molar-refractivity contribution is 0.120. The van der Waals surface area contributed by atoms with Gasteiger partial charge in [-0.2, -0.15) is 15.4 Å². The molecule has 4 rings (SSSR count). The Balaban J connectivity index is 1.50. The Kier molecular flexibility index (Phi) is 3.54. The average molecular weight is 301 g/mol. The van der Waals surface area contributed by atoms with Crippen molar-refractivity contribution in [3.05, 3.63) is 30.2 Å². The summed E-state index contributed by atoms with van der Waals surface area (Å²) in [6, 6.07) is 6.07. The number of hydrogen-bond donors (Lipinski definition) is 1. The average Bonchev–Trinajstić information content (AvgIpc) is 3.01. The van der Waals surface area contributed by atoms with Gasteiger partial charge in [0.25, 0.3) is 0 Å². The lowest BCUT2D eigenvalue weighted by Gasteiger charge is -2.43. The van der Waals surface area contributed by atoms with E-state index in [4.69, 9.17) is 0 Å². The van der Waals surface area contributed by atoms with E-state index in [2.05, 4.69) is 25.2 Å². The Bertz CT molecular complexity index is 630. The predicted octanol–water partition coefficient (Wildman–Crippen LogP) is 2.29. The third kappa shape index (κ3) is 2.47. The molecule has 1 saturated carbocycles. The van der Waals surface area contributed by atoms with E-state index in [9.17, 15) is 4.39 Å². The van der Waals surface area contributed by atoms with E-state index in [0.29, 0.717) is 11.3 Å². The van der Waals surface area contributed by atoms with Crippen LogP contribution in [0.2, 0.25) is 0 Å². The van der Waals surface area contributed by atoms with Crippen LogP contribution < -0.4 is 4.90 Å². The molecular formula is C16H20FN5. The molecule has 1 N–H and O–H groups in total. The maximum absolute atomic E-state index is 14.0. The van der Waals surface area contributed by atoms with Gasteiger partial charge >= 0.3 is 0 Å². The van der Waals surface area contributed by atoms with Crippen LogP contribution in [0.25, 0.3) is 11.3 Å². The van der Waals surface area contributed by atoms with Gasteiger partial charge in [0.2, 0.25) is 0 Å². The summed E-state index contributed by atoms with van der Waals surface area (Å²) in [6.45, 7) is 4.20. The second-order valence-electron chi connectivity index (χ2n) is 6.13. The van der Waals surface area contributed by atoms with Gasteiger partial charge in [-0.05, 0) is 31.0 Å². The molecule has 0 spiro atoms. The van der Waals surface area contributed by atoms with Crippen molar-refractivity contribution < 1.29 is 4.39 Å². The number of nitrogens with one attached hydrogen (secondary N) is 1. The zero-order valence-corrected chi connectivity index (χ0v) is 12.5. The first-order valence-electron chi connectivity index (χ1n) is 7.96.